The lowest BCUT2D eigenvalue weighted by atomic mass is 10.0. The summed E-state index contributed by atoms with van der Waals surface area (Å²) in [4.78, 5) is 26.5. The molecule has 0 aliphatic rings. The smallest absolute Gasteiger partial charge is 0.338 e. The Morgan fingerprint density at radius 3 is 2.71 bits per heavy atom. The van der Waals surface area contributed by atoms with Crippen molar-refractivity contribution < 1.29 is 14.5 Å². The number of carbonyl (C=O) groups excluding carboxylic acids is 1. The van der Waals surface area contributed by atoms with Crippen molar-refractivity contribution in [3.8, 4) is 11.3 Å². The van der Waals surface area contributed by atoms with Gasteiger partial charge in [0.25, 0.3) is 5.69 Å². The van der Waals surface area contributed by atoms with E-state index in [2.05, 4.69) is 4.98 Å². The van der Waals surface area contributed by atoms with E-state index in [1.54, 1.807) is 25.1 Å². The molecule has 0 atom stereocenters. The first-order valence-corrected chi connectivity index (χ1v) is 6.49. The molecule has 2 aromatic rings. The monoisotopic (exact) mass is 306 g/mol. The molecule has 2 rings (SSSR count). The topological polar surface area (TPSA) is 82.3 Å². The number of hydrogen-bond acceptors (Lipinski definition) is 5. The molecule has 6 nitrogen and oxygen atoms in total. The van der Waals surface area contributed by atoms with Crippen molar-refractivity contribution in [2.75, 3.05) is 6.61 Å². The van der Waals surface area contributed by atoms with Crippen molar-refractivity contribution >= 4 is 23.3 Å². The summed E-state index contributed by atoms with van der Waals surface area (Å²) in [6.07, 6.45) is 0. The zero-order valence-corrected chi connectivity index (χ0v) is 11.8. The zero-order chi connectivity index (χ0) is 15.4. The number of carbonyl (C=O) groups is 1. The summed E-state index contributed by atoms with van der Waals surface area (Å²) in [6.45, 7) is 1.89. The van der Waals surface area contributed by atoms with Gasteiger partial charge < -0.3 is 4.74 Å². The third-order valence-corrected chi connectivity index (χ3v) is 2.92. The second-order valence-corrected chi connectivity index (χ2v) is 4.41. The minimum atomic E-state index is -0.569. The quantitative estimate of drug-likeness (QED) is 0.374. The first kappa shape index (κ1) is 14.9. The van der Waals surface area contributed by atoms with Crippen LogP contribution in [0.5, 0.6) is 0 Å². The molecule has 21 heavy (non-hydrogen) atoms. The molecule has 0 saturated heterocycles. The van der Waals surface area contributed by atoms with E-state index in [1.807, 2.05) is 0 Å². The number of esters is 1. The zero-order valence-electron chi connectivity index (χ0n) is 11.1. The van der Waals surface area contributed by atoms with Gasteiger partial charge in [-0.25, -0.2) is 9.78 Å². The second-order valence-electron chi connectivity index (χ2n) is 4.02. The van der Waals surface area contributed by atoms with E-state index < -0.39 is 10.9 Å². The van der Waals surface area contributed by atoms with Crippen LogP contribution < -0.4 is 0 Å². The number of hydrogen-bond donors (Lipinski definition) is 0. The summed E-state index contributed by atoms with van der Waals surface area (Å²) in [5.41, 5.74) is 0.328. The fraction of sp³-hybridized carbons (Fsp3) is 0.143. The number of nitro groups is 1. The molecule has 7 heteroatoms. The van der Waals surface area contributed by atoms with Crippen LogP contribution in [-0.4, -0.2) is 22.5 Å². The second kappa shape index (κ2) is 6.32. The maximum Gasteiger partial charge on any atom is 0.338 e. The first-order chi connectivity index (χ1) is 10.0. The Morgan fingerprint density at radius 2 is 2.05 bits per heavy atom. The van der Waals surface area contributed by atoms with Crippen molar-refractivity contribution in [1.82, 2.24) is 4.98 Å². The summed E-state index contributed by atoms with van der Waals surface area (Å²) < 4.78 is 4.95. The lowest BCUT2D eigenvalue weighted by molar-refractivity contribution is -0.384. The average Bonchev–Trinajstić information content (AvgIpc) is 2.47. The highest BCUT2D eigenvalue weighted by atomic mass is 35.5. The van der Waals surface area contributed by atoms with Gasteiger partial charge in [-0.2, -0.15) is 0 Å². The fourth-order valence-electron chi connectivity index (χ4n) is 1.85. The predicted molar refractivity (Wildman–Crippen MR) is 77.3 cm³/mol. The minimum absolute atomic E-state index is 0.0381. The molecule has 0 aliphatic carbocycles. The van der Waals surface area contributed by atoms with E-state index >= 15 is 0 Å². The molecule has 0 fully saturated rings. The van der Waals surface area contributed by atoms with Crippen LogP contribution in [0.25, 0.3) is 11.3 Å². The van der Waals surface area contributed by atoms with Crippen molar-refractivity contribution in [2.24, 2.45) is 0 Å². The molecule has 0 saturated carbocycles. The van der Waals surface area contributed by atoms with Crippen LogP contribution in [0.2, 0.25) is 5.15 Å². The highest BCUT2D eigenvalue weighted by molar-refractivity contribution is 6.29. The maximum atomic E-state index is 12.0. The van der Waals surface area contributed by atoms with Gasteiger partial charge in [-0.1, -0.05) is 29.8 Å². The van der Waals surface area contributed by atoms with Crippen molar-refractivity contribution in [3.05, 3.63) is 57.2 Å². The molecule has 0 spiro atoms. The molecule has 1 aromatic carbocycles. The van der Waals surface area contributed by atoms with Gasteiger partial charge >= 0.3 is 5.97 Å². The van der Waals surface area contributed by atoms with E-state index in [-0.39, 0.29) is 28.7 Å². The van der Waals surface area contributed by atoms with Crippen LogP contribution in [-0.2, 0) is 4.74 Å². The largest absolute Gasteiger partial charge is 0.462 e. The molecule has 0 N–H and O–H groups in total. The predicted octanol–water partition coefficient (Wildman–Crippen LogP) is 3.49. The number of rotatable bonds is 4. The minimum Gasteiger partial charge on any atom is -0.462 e. The number of aromatic nitrogens is 1. The van der Waals surface area contributed by atoms with E-state index in [9.17, 15) is 14.9 Å². The number of nitrogens with zero attached hydrogens (tertiary/aromatic N) is 2. The molecule has 1 aromatic heterocycles. The van der Waals surface area contributed by atoms with Crippen LogP contribution in [0.15, 0.2) is 36.4 Å². The molecule has 0 aliphatic heterocycles. The Hall–Kier alpha value is -2.47. The van der Waals surface area contributed by atoms with E-state index in [0.29, 0.717) is 5.56 Å². The Bertz CT molecular complexity index is 703. The lowest BCUT2D eigenvalue weighted by Gasteiger charge is -2.08. The van der Waals surface area contributed by atoms with Gasteiger partial charge in [0.05, 0.1) is 17.1 Å². The average molecular weight is 307 g/mol. The van der Waals surface area contributed by atoms with Gasteiger partial charge in [0, 0.05) is 11.6 Å². The van der Waals surface area contributed by atoms with Crippen LogP contribution in [0.4, 0.5) is 5.69 Å². The summed E-state index contributed by atoms with van der Waals surface area (Å²) >= 11 is 5.81. The Labute approximate surface area is 125 Å². The SMILES string of the molecule is CCOC(=O)c1ccccc1-c1nc(Cl)ccc1[N+](=O)[O-]. The van der Waals surface area contributed by atoms with Gasteiger partial charge in [0.2, 0.25) is 0 Å². The van der Waals surface area contributed by atoms with Gasteiger partial charge in [-0.3, -0.25) is 10.1 Å². The van der Waals surface area contributed by atoms with Crippen LogP contribution in [0, 0.1) is 10.1 Å². The van der Waals surface area contributed by atoms with Gasteiger partial charge in [-0.05, 0) is 19.1 Å². The van der Waals surface area contributed by atoms with Gasteiger partial charge in [-0.15, -0.1) is 0 Å². The Balaban J connectivity index is 2.65. The Kier molecular flexibility index (Phi) is 4.49. The molecule has 0 radical (unpaired) electrons. The van der Waals surface area contributed by atoms with Crippen molar-refractivity contribution in [3.63, 3.8) is 0 Å². The van der Waals surface area contributed by atoms with Crippen LogP contribution >= 0.6 is 11.6 Å². The molecule has 0 amide bonds. The van der Waals surface area contributed by atoms with E-state index in [0.717, 1.165) is 0 Å². The first-order valence-electron chi connectivity index (χ1n) is 6.12. The van der Waals surface area contributed by atoms with Crippen molar-refractivity contribution in [1.29, 1.82) is 0 Å². The molecular formula is C14H11ClN2O4. The van der Waals surface area contributed by atoms with Gasteiger partial charge in [0.1, 0.15) is 5.15 Å². The third kappa shape index (κ3) is 3.17. The summed E-state index contributed by atoms with van der Waals surface area (Å²) in [7, 11) is 0. The highest BCUT2D eigenvalue weighted by Crippen LogP contribution is 2.32. The van der Waals surface area contributed by atoms with Crippen molar-refractivity contribution in [2.45, 2.75) is 6.92 Å². The number of benzene rings is 1. The number of pyridine rings is 1. The summed E-state index contributed by atoms with van der Waals surface area (Å²) in [6, 6.07) is 8.98. The molecule has 108 valence electrons. The summed E-state index contributed by atoms with van der Waals surface area (Å²) in [5, 5.41) is 11.2. The maximum absolute atomic E-state index is 12.0. The third-order valence-electron chi connectivity index (χ3n) is 2.71. The highest BCUT2D eigenvalue weighted by Gasteiger charge is 2.22. The van der Waals surface area contributed by atoms with E-state index in [4.69, 9.17) is 16.3 Å². The Morgan fingerprint density at radius 1 is 1.33 bits per heavy atom. The normalized spacial score (nSPS) is 10.2. The van der Waals surface area contributed by atoms with Crippen LogP contribution in [0.3, 0.4) is 0 Å². The molecule has 1 heterocycles. The number of ether oxygens (including phenoxy) is 1. The molecular weight excluding hydrogens is 296 g/mol. The van der Waals surface area contributed by atoms with E-state index in [1.165, 1.54) is 18.2 Å². The summed E-state index contributed by atoms with van der Waals surface area (Å²) in [5.74, 6) is -0.566. The standard InChI is InChI=1S/C14H11ClN2O4/c1-2-21-14(18)10-6-4-3-5-9(10)13-11(17(19)20)7-8-12(15)16-13/h3-8H,2H2,1H3. The lowest BCUT2D eigenvalue weighted by Crippen LogP contribution is -2.07. The fourth-order valence-corrected chi connectivity index (χ4v) is 2.00. The molecule has 0 bridgehead atoms. The van der Waals surface area contributed by atoms with Crippen LogP contribution in [0.1, 0.15) is 17.3 Å². The van der Waals surface area contributed by atoms with Gasteiger partial charge in [0.15, 0.2) is 5.69 Å². The molecule has 0 unspecified atom stereocenters. The number of halogens is 1.